The number of aliphatic hydroxyl groups is 1. The summed E-state index contributed by atoms with van der Waals surface area (Å²) in [6.07, 6.45) is 1.10. The highest BCUT2D eigenvalue weighted by molar-refractivity contribution is 5.94. The SMILES string of the molecule is C[C@@H](O)[C@H](NC(=O)/C=C/c1cccc([N+](=O)[O-])c1)C(=O)O. The number of non-ortho nitro benzene ring substituents is 1. The first-order valence-electron chi connectivity index (χ1n) is 5.95. The van der Waals surface area contributed by atoms with Crippen molar-refractivity contribution in [2.24, 2.45) is 0 Å². The minimum Gasteiger partial charge on any atom is -0.480 e. The van der Waals surface area contributed by atoms with Crippen molar-refractivity contribution >= 4 is 23.6 Å². The van der Waals surface area contributed by atoms with Crippen LogP contribution in [0.15, 0.2) is 30.3 Å². The van der Waals surface area contributed by atoms with E-state index in [1.54, 1.807) is 6.07 Å². The van der Waals surface area contributed by atoms with Crippen LogP contribution in [-0.2, 0) is 9.59 Å². The van der Waals surface area contributed by atoms with Crippen molar-refractivity contribution in [2.45, 2.75) is 19.1 Å². The van der Waals surface area contributed by atoms with Crippen molar-refractivity contribution in [2.75, 3.05) is 0 Å². The standard InChI is InChI=1S/C13H14N2O6/c1-8(16)12(13(18)19)14-11(17)6-5-9-3-2-4-10(7-9)15(20)21/h2-8,12,16H,1H3,(H,14,17)(H,18,19)/b6-5+/t8-,12+/m1/s1. The van der Waals surface area contributed by atoms with Gasteiger partial charge in [0, 0.05) is 18.2 Å². The topological polar surface area (TPSA) is 130 Å². The Balaban J connectivity index is 2.76. The summed E-state index contributed by atoms with van der Waals surface area (Å²) in [5, 5.41) is 30.7. The molecule has 0 spiro atoms. The van der Waals surface area contributed by atoms with E-state index in [9.17, 15) is 24.8 Å². The summed E-state index contributed by atoms with van der Waals surface area (Å²) in [4.78, 5) is 32.4. The summed E-state index contributed by atoms with van der Waals surface area (Å²) >= 11 is 0. The zero-order valence-corrected chi connectivity index (χ0v) is 11.1. The molecule has 21 heavy (non-hydrogen) atoms. The van der Waals surface area contributed by atoms with Gasteiger partial charge in [0.15, 0.2) is 6.04 Å². The molecule has 0 saturated heterocycles. The number of amides is 1. The number of nitro benzene ring substituents is 1. The lowest BCUT2D eigenvalue weighted by molar-refractivity contribution is -0.384. The fourth-order valence-electron chi connectivity index (χ4n) is 1.50. The van der Waals surface area contributed by atoms with Crippen LogP contribution >= 0.6 is 0 Å². The average Bonchev–Trinajstić information content (AvgIpc) is 2.42. The highest BCUT2D eigenvalue weighted by Crippen LogP contribution is 2.14. The van der Waals surface area contributed by atoms with Crippen molar-refractivity contribution in [3.05, 3.63) is 46.0 Å². The second-order valence-electron chi connectivity index (χ2n) is 4.25. The summed E-state index contributed by atoms with van der Waals surface area (Å²) in [7, 11) is 0. The molecule has 1 rings (SSSR count). The van der Waals surface area contributed by atoms with E-state index in [4.69, 9.17) is 5.11 Å². The van der Waals surface area contributed by atoms with Gasteiger partial charge in [0.1, 0.15) is 0 Å². The number of aliphatic carboxylic acids is 1. The molecule has 2 atom stereocenters. The van der Waals surface area contributed by atoms with Crippen LogP contribution in [0.4, 0.5) is 5.69 Å². The molecule has 3 N–H and O–H groups in total. The van der Waals surface area contributed by atoms with Crippen LogP contribution in [0.25, 0.3) is 6.08 Å². The van der Waals surface area contributed by atoms with Crippen LogP contribution < -0.4 is 5.32 Å². The Bertz CT molecular complexity index is 582. The molecule has 0 aromatic heterocycles. The molecule has 8 heteroatoms. The molecule has 8 nitrogen and oxygen atoms in total. The lowest BCUT2D eigenvalue weighted by Crippen LogP contribution is -2.47. The van der Waals surface area contributed by atoms with Crippen molar-refractivity contribution in [3.63, 3.8) is 0 Å². The molecule has 0 fully saturated rings. The number of carbonyl (C=O) groups is 2. The predicted octanol–water partition coefficient (Wildman–Crippen LogP) is 0.558. The van der Waals surface area contributed by atoms with Gasteiger partial charge in [-0.15, -0.1) is 0 Å². The number of hydrogen-bond donors (Lipinski definition) is 3. The highest BCUT2D eigenvalue weighted by Gasteiger charge is 2.23. The van der Waals surface area contributed by atoms with E-state index in [1.807, 2.05) is 0 Å². The minimum atomic E-state index is -1.42. The third-order valence-corrected chi connectivity index (χ3v) is 2.55. The van der Waals surface area contributed by atoms with Crippen LogP contribution in [0.1, 0.15) is 12.5 Å². The second kappa shape index (κ2) is 7.15. The fourth-order valence-corrected chi connectivity index (χ4v) is 1.50. The maximum atomic E-state index is 11.5. The molecule has 0 aliphatic rings. The van der Waals surface area contributed by atoms with Crippen LogP contribution in [0.5, 0.6) is 0 Å². The number of nitro groups is 1. The summed E-state index contributed by atoms with van der Waals surface area (Å²) in [5.41, 5.74) is 0.299. The van der Waals surface area contributed by atoms with E-state index in [0.717, 1.165) is 6.08 Å². The zero-order chi connectivity index (χ0) is 16.0. The van der Waals surface area contributed by atoms with Gasteiger partial charge < -0.3 is 15.5 Å². The van der Waals surface area contributed by atoms with E-state index in [-0.39, 0.29) is 5.69 Å². The third-order valence-electron chi connectivity index (χ3n) is 2.55. The molecule has 1 aromatic carbocycles. The van der Waals surface area contributed by atoms with Gasteiger partial charge in [-0.3, -0.25) is 14.9 Å². The number of aliphatic hydroxyl groups excluding tert-OH is 1. The van der Waals surface area contributed by atoms with E-state index in [1.165, 1.54) is 31.2 Å². The molecule has 0 unspecified atom stereocenters. The van der Waals surface area contributed by atoms with Crippen molar-refractivity contribution < 1.29 is 24.7 Å². The largest absolute Gasteiger partial charge is 0.480 e. The average molecular weight is 294 g/mol. The van der Waals surface area contributed by atoms with E-state index in [2.05, 4.69) is 5.32 Å². The molecule has 112 valence electrons. The number of carboxylic acids is 1. The van der Waals surface area contributed by atoms with Gasteiger partial charge in [0.25, 0.3) is 5.69 Å². The quantitative estimate of drug-likeness (QED) is 0.399. The van der Waals surface area contributed by atoms with Crippen LogP contribution in [0, 0.1) is 10.1 Å². The van der Waals surface area contributed by atoms with Gasteiger partial charge in [-0.2, -0.15) is 0 Å². The van der Waals surface area contributed by atoms with Crippen molar-refractivity contribution in [1.29, 1.82) is 0 Å². The Morgan fingerprint density at radius 2 is 2.10 bits per heavy atom. The molecule has 1 aromatic rings. The molecule has 0 aliphatic heterocycles. The lowest BCUT2D eigenvalue weighted by Gasteiger charge is -2.15. The van der Waals surface area contributed by atoms with E-state index >= 15 is 0 Å². The molecule has 1 amide bonds. The number of nitrogens with one attached hydrogen (secondary N) is 1. The number of hydrogen-bond acceptors (Lipinski definition) is 5. The van der Waals surface area contributed by atoms with Gasteiger partial charge in [-0.1, -0.05) is 12.1 Å². The maximum Gasteiger partial charge on any atom is 0.328 e. The summed E-state index contributed by atoms with van der Waals surface area (Å²) in [6.45, 7) is 1.24. The molecule has 0 saturated carbocycles. The monoisotopic (exact) mass is 294 g/mol. The number of carbonyl (C=O) groups excluding carboxylic acids is 1. The maximum absolute atomic E-state index is 11.5. The Labute approximate surface area is 119 Å². The summed E-state index contributed by atoms with van der Waals surface area (Å²) in [5.74, 6) is -2.09. The van der Waals surface area contributed by atoms with Crippen LogP contribution in [0.3, 0.4) is 0 Å². The zero-order valence-electron chi connectivity index (χ0n) is 11.1. The van der Waals surface area contributed by atoms with Gasteiger partial charge >= 0.3 is 5.97 Å². The number of nitrogens with zero attached hydrogens (tertiary/aromatic N) is 1. The predicted molar refractivity (Wildman–Crippen MR) is 73.4 cm³/mol. The third kappa shape index (κ3) is 5.03. The molecular weight excluding hydrogens is 280 g/mol. The van der Waals surface area contributed by atoms with Gasteiger partial charge in [0.2, 0.25) is 5.91 Å². The first-order chi connectivity index (χ1) is 9.81. The Kier molecular flexibility index (Phi) is 5.56. The summed E-state index contributed by atoms with van der Waals surface area (Å²) < 4.78 is 0. The Hall–Kier alpha value is -2.74. The number of benzene rings is 1. The van der Waals surface area contributed by atoms with Crippen LogP contribution in [0.2, 0.25) is 0 Å². The van der Waals surface area contributed by atoms with E-state index < -0.39 is 28.9 Å². The van der Waals surface area contributed by atoms with Crippen molar-refractivity contribution in [3.8, 4) is 0 Å². The lowest BCUT2D eigenvalue weighted by atomic mass is 10.1. The molecule has 0 heterocycles. The highest BCUT2D eigenvalue weighted by atomic mass is 16.6. The number of rotatable bonds is 6. The second-order valence-corrected chi connectivity index (χ2v) is 4.25. The van der Waals surface area contributed by atoms with Crippen LogP contribution in [-0.4, -0.2) is 39.2 Å². The normalized spacial score (nSPS) is 13.6. The smallest absolute Gasteiger partial charge is 0.328 e. The molecular formula is C13H14N2O6. The Morgan fingerprint density at radius 1 is 1.43 bits per heavy atom. The minimum absolute atomic E-state index is 0.120. The summed E-state index contributed by atoms with van der Waals surface area (Å²) in [6, 6.07) is 4.18. The van der Waals surface area contributed by atoms with Gasteiger partial charge in [-0.05, 0) is 18.6 Å². The first kappa shape index (κ1) is 16.3. The molecule has 0 aliphatic carbocycles. The first-order valence-corrected chi connectivity index (χ1v) is 5.95. The van der Waals surface area contributed by atoms with Gasteiger partial charge in [0.05, 0.1) is 11.0 Å². The van der Waals surface area contributed by atoms with Crippen molar-refractivity contribution in [1.82, 2.24) is 5.32 Å². The molecule has 0 radical (unpaired) electrons. The number of carboxylic acid groups (broad SMARTS) is 1. The fraction of sp³-hybridized carbons (Fsp3) is 0.231. The van der Waals surface area contributed by atoms with Gasteiger partial charge in [-0.25, -0.2) is 4.79 Å². The Morgan fingerprint density at radius 3 is 2.62 bits per heavy atom. The molecule has 0 bridgehead atoms. The van der Waals surface area contributed by atoms with E-state index in [0.29, 0.717) is 5.56 Å².